The van der Waals surface area contributed by atoms with Crippen LogP contribution in [0.4, 0.5) is 4.79 Å². The van der Waals surface area contributed by atoms with Crippen molar-refractivity contribution in [3.63, 3.8) is 0 Å². The average Bonchev–Trinajstić information content (AvgIpc) is 2.79. The van der Waals surface area contributed by atoms with Crippen molar-refractivity contribution >= 4 is 16.9 Å². The standard InChI is InChI=1S/C23H31N3O4/c1-2-30-20-8-9-21-17(15-20)14-18(22(27)24-21)16-26(19-6-4-3-5-7-19)23(28)25-10-12-29-13-11-25/h8-9,14-15,19H,2-7,10-13,16H2,1H3,(H,24,27). The third kappa shape index (κ3) is 4.61. The van der Waals surface area contributed by atoms with Crippen molar-refractivity contribution in [2.75, 3.05) is 32.9 Å². The maximum atomic E-state index is 13.4. The third-order valence-corrected chi connectivity index (χ3v) is 6.09. The topological polar surface area (TPSA) is 74.9 Å². The number of amides is 2. The van der Waals surface area contributed by atoms with E-state index in [1.54, 1.807) is 0 Å². The molecule has 0 spiro atoms. The molecule has 1 aromatic carbocycles. The van der Waals surface area contributed by atoms with Gasteiger partial charge in [0.15, 0.2) is 0 Å². The zero-order chi connectivity index (χ0) is 20.9. The summed E-state index contributed by atoms with van der Waals surface area (Å²) in [5.41, 5.74) is 1.25. The summed E-state index contributed by atoms with van der Waals surface area (Å²) in [6.45, 7) is 5.21. The van der Waals surface area contributed by atoms with Crippen molar-refractivity contribution in [1.82, 2.24) is 14.8 Å². The highest BCUT2D eigenvalue weighted by molar-refractivity contribution is 5.81. The molecule has 2 aromatic rings. The Morgan fingerprint density at radius 3 is 2.70 bits per heavy atom. The summed E-state index contributed by atoms with van der Waals surface area (Å²) < 4.78 is 11.0. The molecule has 1 aliphatic heterocycles. The molecule has 0 radical (unpaired) electrons. The highest BCUT2D eigenvalue weighted by atomic mass is 16.5. The van der Waals surface area contributed by atoms with Crippen molar-refractivity contribution in [3.05, 3.63) is 40.2 Å². The molecule has 1 saturated carbocycles. The van der Waals surface area contributed by atoms with Gasteiger partial charge in [0.05, 0.1) is 26.4 Å². The van der Waals surface area contributed by atoms with E-state index in [2.05, 4.69) is 4.98 Å². The molecule has 2 aliphatic rings. The molecule has 0 unspecified atom stereocenters. The smallest absolute Gasteiger partial charge is 0.320 e. The second-order valence-electron chi connectivity index (χ2n) is 8.11. The number of hydrogen-bond donors (Lipinski definition) is 1. The number of pyridine rings is 1. The summed E-state index contributed by atoms with van der Waals surface area (Å²) in [6.07, 6.45) is 5.46. The molecule has 2 amide bonds. The number of nitrogens with one attached hydrogen (secondary N) is 1. The first-order chi connectivity index (χ1) is 14.7. The van der Waals surface area contributed by atoms with Crippen LogP contribution >= 0.6 is 0 Å². The van der Waals surface area contributed by atoms with Gasteiger partial charge in [0.2, 0.25) is 0 Å². The Morgan fingerprint density at radius 2 is 1.97 bits per heavy atom. The first-order valence-electron chi connectivity index (χ1n) is 11.1. The van der Waals surface area contributed by atoms with Gasteiger partial charge in [-0.25, -0.2) is 4.79 Å². The van der Waals surface area contributed by atoms with Crippen molar-refractivity contribution in [2.45, 2.75) is 51.6 Å². The molecule has 2 heterocycles. The maximum Gasteiger partial charge on any atom is 0.320 e. The fourth-order valence-electron chi connectivity index (χ4n) is 4.47. The van der Waals surface area contributed by atoms with Crippen LogP contribution in [0.1, 0.15) is 44.6 Å². The number of nitrogens with zero attached hydrogens (tertiary/aromatic N) is 2. The van der Waals surface area contributed by atoms with E-state index in [0.717, 1.165) is 42.3 Å². The van der Waals surface area contributed by atoms with Gasteiger partial charge in [-0.3, -0.25) is 4.79 Å². The van der Waals surface area contributed by atoms with E-state index in [4.69, 9.17) is 9.47 Å². The SMILES string of the molecule is CCOc1ccc2[nH]c(=O)c(CN(C(=O)N3CCOCC3)C3CCCCC3)cc2c1. The lowest BCUT2D eigenvalue weighted by molar-refractivity contribution is 0.0356. The van der Waals surface area contributed by atoms with Crippen molar-refractivity contribution in [2.24, 2.45) is 0 Å². The first-order valence-corrected chi connectivity index (χ1v) is 11.1. The molecular weight excluding hydrogens is 382 g/mol. The van der Waals surface area contributed by atoms with Crippen LogP contribution < -0.4 is 10.3 Å². The number of H-pyrrole nitrogens is 1. The molecule has 0 bridgehead atoms. The second kappa shape index (κ2) is 9.51. The molecule has 30 heavy (non-hydrogen) atoms. The molecule has 1 aromatic heterocycles. The minimum atomic E-state index is -0.137. The van der Waals surface area contributed by atoms with Gasteiger partial charge in [-0.05, 0) is 44.0 Å². The molecular formula is C23H31N3O4. The number of morpholine rings is 1. The van der Waals surface area contributed by atoms with Crippen LogP contribution in [0.15, 0.2) is 29.1 Å². The van der Waals surface area contributed by atoms with Crippen LogP contribution in [0.5, 0.6) is 5.75 Å². The predicted molar refractivity (Wildman–Crippen MR) is 116 cm³/mol. The normalized spacial score (nSPS) is 17.8. The average molecular weight is 414 g/mol. The largest absolute Gasteiger partial charge is 0.494 e. The van der Waals surface area contributed by atoms with E-state index in [0.29, 0.717) is 45.0 Å². The summed E-state index contributed by atoms with van der Waals surface area (Å²) in [5.74, 6) is 0.775. The van der Waals surface area contributed by atoms with Crippen molar-refractivity contribution in [1.29, 1.82) is 0 Å². The minimum absolute atomic E-state index is 0.0211. The van der Waals surface area contributed by atoms with Gasteiger partial charge in [0, 0.05) is 35.6 Å². The van der Waals surface area contributed by atoms with Gasteiger partial charge in [0.1, 0.15) is 5.75 Å². The number of hydrogen-bond acceptors (Lipinski definition) is 4. The van der Waals surface area contributed by atoms with Gasteiger partial charge in [-0.2, -0.15) is 0 Å². The Morgan fingerprint density at radius 1 is 1.20 bits per heavy atom. The minimum Gasteiger partial charge on any atom is -0.494 e. The van der Waals surface area contributed by atoms with E-state index in [1.165, 1.54) is 6.42 Å². The Balaban J connectivity index is 1.63. The maximum absolute atomic E-state index is 13.4. The van der Waals surface area contributed by atoms with Gasteiger partial charge in [0.25, 0.3) is 5.56 Å². The predicted octanol–water partition coefficient (Wildman–Crippen LogP) is 3.51. The lowest BCUT2D eigenvalue weighted by Crippen LogP contribution is -2.52. The molecule has 2 fully saturated rings. The Kier molecular flexibility index (Phi) is 6.57. The fraction of sp³-hybridized carbons (Fsp3) is 0.565. The molecule has 7 heteroatoms. The van der Waals surface area contributed by atoms with Gasteiger partial charge < -0.3 is 24.3 Å². The van der Waals surface area contributed by atoms with E-state index < -0.39 is 0 Å². The zero-order valence-electron chi connectivity index (χ0n) is 17.7. The monoisotopic (exact) mass is 413 g/mol. The molecule has 1 aliphatic carbocycles. The number of ether oxygens (including phenoxy) is 2. The Hall–Kier alpha value is -2.54. The molecule has 1 saturated heterocycles. The zero-order valence-corrected chi connectivity index (χ0v) is 17.7. The van der Waals surface area contributed by atoms with Crippen molar-refractivity contribution in [3.8, 4) is 5.75 Å². The van der Waals surface area contributed by atoms with Crippen LogP contribution in [0.3, 0.4) is 0 Å². The number of rotatable bonds is 5. The third-order valence-electron chi connectivity index (χ3n) is 6.09. The quantitative estimate of drug-likeness (QED) is 0.814. The highest BCUT2D eigenvalue weighted by Gasteiger charge is 2.30. The Bertz CT molecular complexity index is 930. The highest BCUT2D eigenvalue weighted by Crippen LogP contribution is 2.26. The number of aromatic amines is 1. The molecule has 7 nitrogen and oxygen atoms in total. The van der Waals surface area contributed by atoms with Crippen LogP contribution in [0.25, 0.3) is 10.9 Å². The molecule has 162 valence electrons. The van der Waals surface area contributed by atoms with Gasteiger partial charge in [-0.15, -0.1) is 0 Å². The van der Waals surface area contributed by atoms with Gasteiger partial charge in [-0.1, -0.05) is 19.3 Å². The van der Waals surface area contributed by atoms with E-state index in [-0.39, 0.29) is 17.6 Å². The van der Waals surface area contributed by atoms with Crippen LogP contribution in [-0.2, 0) is 11.3 Å². The van der Waals surface area contributed by atoms with Gasteiger partial charge >= 0.3 is 6.03 Å². The lowest BCUT2D eigenvalue weighted by Gasteiger charge is -2.39. The summed E-state index contributed by atoms with van der Waals surface area (Å²) in [4.78, 5) is 32.9. The molecule has 0 atom stereocenters. The van der Waals surface area contributed by atoms with E-state index in [9.17, 15) is 9.59 Å². The number of aromatic nitrogens is 1. The first kappa shape index (κ1) is 20.7. The van der Waals surface area contributed by atoms with Crippen molar-refractivity contribution < 1.29 is 14.3 Å². The summed E-state index contributed by atoms with van der Waals surface area (Å²) in [7, 11) is 0. The second-order valence-corrected chi connectivity index (χ2v) is 8.11. The molecule has 4 rings (SSSR count). The summed E-state index contributed by atoms with van der Waals surface area (Å²) in [5, 5.41) is 0.915. The van der Waals surface area contributed by atoms with Crippen LogP contribution in [-0.4, -0.2) is 59.8 Å². The lowest BCUT2D eigenvalue weighted by atomic mass is 9.94. The summed E-state index contributed by atoms with van der Waals surface area (Å²) in [6, 6.07) is 7.76. The number of benzene rings is 1. The number of fused-ring (bicyclic) bond motifs is 1. The fourth-order valence-corrected chi connectivity index (χ4v) is 4.47. The van der Waals surface area contributed by atoms with Crippen LogP contribution in [0.2, 0.25) is 0 Å². The number of carbonyl (C=O) groups is 1. The number of carbonyl (C=O) groups excluding carboxylic acids is 1. The Labute approximate surface area is 177 Å². The van der Waals surface area contributed by atoms with E-state index in [1.807, 2.05) is 41.0 Å². The molecule has 1 N–H and O–H groups in total. The summed E-state index contributed by atoms with van der Waals surface area (Å²) >= 11 is 0. The number of urea groups is 1. The van der Waals surface area contributed by atoms with E-state index >= 15 is 0 Å². The van der Waals surface area contributed by atoms with Crippen LogP contribution in [0, 0.1) is 0 Å².